The molecule has 1 amide bonds. The number of amides is 1. The summed E-state index contributed by atoms with van der Waals surface area (Å²) in [5, 5.41) is 13.5. The van der Waals surface area contributed by atoms with Gasteiger partial charge in [-0.2, -0.15) is 0 Å². The number of ether oxygens (including phenoxy) is 2. The number of nitrogen functional groups attached to an aromatic ring is 1. The molecule has 0 bridgehead atoms. The SMILES string of the molecule is COc1ccc(-c2nnc(SCC(=O)Nc3cc4oc5ccccc5c4cc3OC)n2N)cc1. The number of methoxy groups -OCH3 is 2. The Morgan fingerprint density at radius 1 is 1.03 bits per heavy atom. The summed E-state index contributed by atoms with van der Waals surface area (Å²) < 4.78 is 18.0. The van der Waals surface area contributed by atoms with Gasteiger partial charge in [-0.3, -0.25) is 4.79 Å². The lowest BCUT2D eigenvalue weighted by Gasteiger charge is -2.10. The number of nitrogens with one attached hydrogen (secondary N) is 1. The van der Waals surface area contributed by atoms with Gasteiger partial charge < -0.3 is 25.1 Å². The van der Waals surface area contributed by atoms with Crippen LogP contribution in [0.3, 0.4) is 0 Å². The number of para-hydroxylation sites is 1. The number of nitrogens with zero attached hydrogens (tertiary/aromatic N) is 3. The summed E-state index contributed by atoms with van der Waals surface area (Å²) in [6.07, 6.45) is 0. The molecule has 5 rings (SSSR count). The zero-order valence-corrected chi connectivity index (χ0v) is 19.3. The second kappa shape index (κ2) is 8.99. The highest BCUT2D eigenvalue weighted by atomic mass is 32.2. The van der Waals surface area contributed by atoms with Crippen LogP contribution in [-0.2, 0) is 4.79 Å². The lowest BCUT2D eigenvalue weighted by molar-refractivity contribution is -0.113. The van der Waals surface area contributed by atoms with Gasteiger partial charge >= 0.3 is 0 Å². The molecule has 172 valence electrons. The minimum atomic E-state index is -0.243. The van der Waals surface area contributed by atoms with Crippen molar-refractivity contribution in [3.63, 3.8) is 0 Å². The number of carbonyl (C=O) groups excluding carboxylic acids is 1. The predicted octanol–water partition coefficient (Wildman–Crippen LogP) is 4.31. The zero-order chi connectivity index (χ0) is 23.7. The maximum atomic E-state index is 12.7. The first-order valence-electron chi connectivity index (χ1n) is 10.3. The summed E-state index contributed by atoms with van der Waals surface area (Å²) in [5.74, 6) is 7.77. The Labute approximate surface area is 198 Å². The number of rotatable bonds is 7. The lowest BCUT2D eigenvalue weighted by Crippen LogP contribution is -2.16. The molecule has 0 aliphatic carbocycles. The van der Waals surface area contributed by atoms with Crippen LogP contribution in [0, 0.1) is 0 Å². The fourth-order valence-corrected chi connectivity index (χ4v) is 4.30. The molecule has 9 nitrogen and oxygen atoms in total. The van der Waals surface area contributed by atoms with Crippen LogP contribution in [0.4, 0.5) is 5.69 Å². The van der Waals surface area contributed by atoms with E-state index in [0.717, 1.165) is 27.7 Å². The summed E-state index contributed by atoms with van der Waals surface area (Å²) in [7, 11) is 3.16. The second-order valence-corrected chi connectivity index (χ2v) is 8.33. The van der Waals surface area contributed by atoms with Crippen LogP contribution >= 0.6 is 11.8 Å². The van der Waals surface area contributed by atoms with E-state index in [2.05, 4.69) is 15.5 Å². The number of anilines is 1. The average molecular weight is 476 g/mol. The van der Waals surface area contributed by atoms with Crippen LogP contribution < -0.4 is 20.6 Å². The van der Waals surface area contributed by atoms with Crippen LogP contribution in [0.5, 0.6) is 11.5 Å². The maximum Gasteiger partial charge on any atom is 0.234 e. The molecule has 3 N–H and O–H groups in total. The first kappa shape index (κ1) is 21.7. The number of fused-ring (bicyclic) bond motifs is 3. The van der Waals surface area contributed by atoms with E-state index in [9.17, 15) is 4.79 Å². The predicted molar refractivity (Wildman–Crippen MR) is 132 cm³/mol. The first-order valence-corrected chi connectivity index (χ1v) is 11.3. The third-order valence-electron chi connectivity index (χ3n) is 5.32. The smallest absolute Gasteiger partial charge is 0.234 e. The molecule has 3 aromatic carbocycles. The lowest BCUT2D eigenvalue weighted by atomic mass is 10.1. The molecule has 0 saturated heterocycles. The summed E-state index contributed by atoms with van der Waals surface area (Å²) in [6, 6.07) is 18.7. The molecular weight excluding hydrogens is 454 g/mol. The molecule has 2 heterocycles. The van der Waals surface area contributed by atoms with Gasteiger partial charge in [0, 0.05) is 22.4 Å². The number of aromatic nitrogens is 3. The van der Waals surface area contributed by atoms with Gasteiger partial charge in [0.25, 0.3) is 0 Å². The molecule has 0 spiro atoms. The van der Waals surface area contributed by atoms with Crippen molar-refractivity contribution in [2.75, 3.05) is 31.1 Å². The monoisotopic (exact) mass is 475 g/mol. The third-order valence-corrected chi connectivity index (χ3v) is 6.26. The Morgan fingerprint density at radius 3 is 2.59 bits per heavy atom. The topological polar surface area (TPSA) is 117 Å². The molecule has 0 unspecified atom stereocenters. The number of hydrogen-bond donors (Lipinski definition) is 2. The highest BCUT2D eigenvalue weighted by Gasteiger charge is 2.17. The Bertz CT molecular complexity index is 1490. The van der Waals surface area contributed by atoms with Gasteiger partial charge in [0.2, 0.25) is 11.1 Å². The van der Waals surface area contributed by atoms with Gasteiger partial charge in [0.15, 0.2) is 5.82 Å². The van der Waals surface area contributed by atoms with Gasteiger partial charge in [-0.05, 0) is 36.4 Å². The van der Waals surface area contributed by atoms with E-state index in [4.69, 9.17) is 19.7 Å². The van der Waals surface area contributed by atoms with Crippen molar-refractivity contribution in [2.24, 2.45) is 0 Å². The van der Waals surface area contributed by atoms with E-state index in [-0.39, 0.29) is 11.7 Å². The molecule has 5 aromatic rings. The summed E-state index contributed by atoms with van der Waals surface area (Å²) >= 11 is 1.18. The molecule has 2 aromatic heterocycles. The van der Waals surface area contributed by atoms with Crippen LogP contribution in [0.1, 0.15) is 0 Å². The summed E-state index contributed by atoms with van der Waals surface area (Å²) in [4.78, 5) is 12.7. The number of benzene rings is 3. The highest BCUT2D eigenvalue weighted by Crippen LogP contribution is 2.36. The number of carbonyl (C=O) groups is 1. The van der Waals surface area contributed by atoms with E-state index in [1.54, 1.807) is 20.3 Å². The van der Waals surface area contributed by atoms with Crippen LogP contribution in [0.25, 0.3) is 33.3 Å². The minimum absolute atomic E-state index is 0.0826. The third kappa shape index (κ3) is 3.99. The van der Waals surface area contributed by atoms with Gasteiger partial charge in [-0.1, -0.05) is 30.0 Å². The fourth-order valence-electron chi connectivity index (χ4n) is 3.65. The van der Waals surface area contributed by atoms with Crippen molar-refractivity contribution in [3.05, 3.63) is 60.7 Å². The summed E-state index contributed by atoms with van der Waals surface area (Å²) in [5.41, 5.74) is 2.74. The number of thioether (sulfide) groups is 1. The van der Waals surface area contributed by atoms with Crippen molar-refractivity contribution in [3.8, 4) is 22.9 Å². The standard InChI is InChI=1S/C24H21N5O4S/c1-31-15-9-7-14(8-10-15)23-27-28-24(29(23)25)34-13-22(30)26-18-12-20-17(11-21(18)32-2)16-5-3-4-6-19(16)33-20/h3-12H,13,25H2,1-2H3,(H,26,30). The van der Waals surface area contributed by atoms with Crippen LogP contribution in [-0.4, -0.2) is 40.8 Å². The number of hydrogen-bond acceptors (Lipinski definition) is 8. The molecular formula is C24H21N5O4S. The largest absolute Gasteiger partial charge is 0.497 e. The van der Waals surface area contributed by atoms with Crippen molar-refractivity contribution in [1.29, 1.82) is 0 Å². The maximum absolute atomic E-state index is 12.7. The normalized spacial score (nSPS) is 11.1. The molecule has 0 aliphatic rings. The van der Waals surface area contributed by atoms with Gasteiger partial charge in [-0.15, -0.1) is 10.2 Å². The molecule has 0 saturated carbocycles. The summed E-state index contributed by atoms with van der Waals surface area (Å²) in [6.45, 7) is 0. The number of nitrogens with two attached hydrogens (primary N) is 1. The molecule has 0 fully saturated rings. The highest BCUT2D eigenvalue weighted by molar-refractivity contribution is 7.99. The Hall–Kier alpha value is -4.18. The Balaban J connectivity index is 1.31. The Kier molecular flexibility index (Phi) is 5.72. The molecule has 0 atom stereocenters. The molecule has 10 heteroatoms. The van der Waals surface area contributed by atoms with Crippen LogP contribution in [0.15, 0.2) is 70.2 Å². The van der Waals surface area contributed by atoms with Gasteiger partial charge in [0.05, 0.1) is 25.7 Å². The first-order chi connectivity index (χ1) is 16.6. The molecule has 34 heavy (non-hydrogen) atoms. The Morgan fingerprint density at radius 2 is 1.82 bits per heavy atom. The molecule has 0 radical (unpaired) electrons. The van der Waals surface area contributed by atoms with E-state index < -0.39 is 0 Å². The van der Waals surface area contributed by atoms with E-state index >= 15 is 0 Å². The van der Waals surface area contributed by atoms with E-state index in [0.29, 0.717) is 28.0 Å². The zero-order valence-electron chi connectivity index (χ0n) is 18.4. The minimum Gasteiger partial charge on any atom is -0.497 e. The van der Waals surface area contributed by atoms with Crippen molar-refractivity contribution in [1.82, 2.24) is 14.9 Å². The number of furan rings is 1. The van der Waals surface area contributed by atoms with Crippen molar-refractivity contribution in [2.45, 2.75) is 5.16 Å². The van der Waals surface area contributed by atoms with Gasteiger partial charge in [-0.25, -0.2) is 4.68 Å². The van der Waals surface area contributed by atoms with Crippen molar-refractivity contribution < 1.29 is 18.7 Å². The van der Waals surface area contributed by atoms with Crippen LogP contribution in [0.2, 0.25) is 0 Å². The van der Waals surface area contributed by atoms with E-state index in [1.807, 2.05) is 54.6 Å². The van der Waals surface area contributed by atoms with E-state index in [1.165, 1.54) is 16.4 Å². The molecule has 0 aliphatic heterocycles. The van der Waals surface area contributed by atoms with Crippen molar-refractivity contribution >= 4 is 45.3 Å². The van der Waals surface area contributed by atoms with Gasteiger partial charge in [0.1, 0.15) is 22.7 Å². The average Bonchev–Trinajstić information content (AvgIpc) is 3.41. The second-order valence-electron chi connectivity index (χ2n) is 7.39. The quantitative estimate of drug-likeness (QED) is 0.264. The fraction of sp³-hybridized carbons (Fsp3) is 0.125.